The molecular formula is C35H39N7O4. The molecule has 0 spiro atoms. The number of nitrogens with two attached hydrogens (primary N) is 1. The zero-order valence-corrected chi connectivity index (χ0v) is 25.7. The number of tetrazole rings is 1. The molecule has 1 aliphatic heterocycles. The number of hydrogen-bond donors (Lipinski definition) is 3. The number of ketones is 1. The highest BCUT2D eigenvalue weighted by atomic mass is 16.5. The molecule has 11 heteroatoms. The van der Waals surface area contributed by atoms with Crippen molar-refractivity contribution in [2.75, 3.05) is 36.5 Å². The smallest absolute Gasteiger partial charge is 0.253 e. The Morgan fingerprint density at radius 3 is 2.24 bits per heavy atom. The van der Waals surface area contributed by atoms with Gasteiger partial charge in [0.15, 0.2) is 0 Å². The van der Waals surface area contributed by atoms with E-state index in [0.717, 1.165) is 53.6 Å². The van der Waals surface area contributed by atoms with Crippen LogP contribution in [0.3, 0.4) is 0 Å². The number of benzene rings is 3. The Balaban J connectivity index is 1.14. The molecule has 4 N–H and O–H groups in total. The molecule has 1 saturated heterocycles. The minimum absolute atomic E-state index is 0.0227. The summed E-state index contributed by atoms with van der Waals surface area (Å²) in [7, 11) is 0. The summed E-state index contributed by atoms with van der Waals surface area (Å²) in [6, 6.07) is 23.3. The molecule has 1 atom stereocenters. The Morgan fingerprint density at radius 2 is 1.61 bits per heavy atom. The van der Waals surface area contributed by atoms with E-state index in [1.165, 1.54) is 0 Å². The lowest BCUT2D eigenvalue weighted by Gasteiger charge is -2.27. The first-order chi connectivity index (χ1) is 22.5. The number of carbonyl (C=O) groups excluding carboxylic acids is 3. The zero-order chi connectivity index (χ0) is 31.9. The maximum atomic E-state index is 13.7. The van der Waals surface area contributed by atoms with Gasteiger partial charge >= 0.3 is 0 Å². The summed E-state index contributed by atoms with van der Waals surface area (Å²) in [5.41, 5.74) is 11.2. The van der Waals surface area contributed by atoms with Crippen LogP contribution in [0.15, 0.2) is 72.8 Å². The average Bonchev–Trinajstić information content (AvgIpc) is 3.64. The van der Waals surface area contributed by atoms with E-state index in [0.29, 0.717) is 43.5 Å². The Bertz CT molecular complexity index is 1620. The fourth-order valence-corrected chi connectivity index (χ4v) is 6.36. The molecule has 3 aromatic carbocycles. The van der Waals surface area contributed by atoms with Crippen molar-refractivity contribution >= 4 is 29.0 Å². The van der Waals surface area contributed by atoms with Gasteiger partial charge in [-0.1, -0.05) is 36.4 Å². The van der Waals surface area contributed by atoms with Crippen molar-refractivity contribution in [2.45, 2.75) is 38.5 Å². The van der Waals surface area contributed by atoms with E-state index in [1.54, 1.807) is 17.0 Å². The maximum Gasteiger partial charge on any atom is 0.253 e. The molecule has 1 aromatic heterocycles. The van der Waals surface area contributed by atoms with E-state index in [1.807, 2.05) is 60.7 Å². The van der Waals surface area contributed by atoms with E-state index in [4.69, 9.17) is 10.5 Å². The third-order valence-corrected chi connectivity index (χ3v) is 9.14. The highest BCUT2D eigenvalue weighted by molar-refractivity contribution is 5.96. The van der Waals surface area contributed by atoms with Gasteiger partial charge in [-0.2, -0.15) is 5.21 Å². The van der Waals surface area contributed by atoms with Crippen molar-refractivity contribution in [3.05, 3.63) is 78.4 Å². The molecule has 6 rings (SSSR count). The van der Waals surface area contributed by atoms with Crippen molar-refractivity contribution in [2.24, 2.45) is 23.5 Å². The standard InChI is InChI=1S/C35H39N7O4/c36-21-24-3-7-27(8-4-24)32(43)20-29(35(45)37-30-13-9-28(10-14-30)34-38-40-41-39-34)19-23-1-5-25(6-2-23)26-11-15-31(16-12-26)42-17-18-46-22-33(42)44/h1-2,5-6,9-16,24,27,29H,3-4,7-8,17-22,36H2,(H,37,45)(H,38,39,40,41)/t24?,27?,29-/m1/s1. The zero-order valence-electron chi connectivity index (χ0n) is 25.7. The van der Waals surface area contributed by atoms with Crippen LogP contribution < -0.4 is 16.0 Å². The Kier molecular flexibility index (Phi) is 9.90. The number of carbonyl (C=O) groups is 3. The van der Waals surface area contributed by atoms with Gasteiger partial charge in [0, 0.05) is 41.7 Å². The summed E-state index contributed by atoms with van der Waals surface area (Å²) >= 11 is 0. The Labute approximate surface area is 267 Å². The van der Waals surface area contributed by atoms with Gasteiger partial charge in [0.1, 0.15) is 12.4 Å². The maximum absolute atomic E-state index is 13.7. The molecular weight excluding hydrogens is 582 g/mol. The number of amides is 2. The molecule has 1 saturated carbocycles. The number of morpholine rings is 1. The van der Waals surface area contributed by atoms with Gasteiger partial charge in [0.2, 0.25) is 11.7 Å². The van der Waals surface area contributed by atoms with E-state index in [9.17, 15) is 14.4 Å². The van der Waals surface area contributed by atoms with E-state index >= 15 is 0 Å². The first-order valence-corrected chi connectivity index (χ1v) is 15.9. The van der Waals surface area contributed by atoms with Crippen LogP contribution in [0.2, 0.25) is 0 Å². The van der Waals surface area contributed by atoms with Crippen molar-refractivity contribution in [1.29, 1.82) is 0 Å². The number of Topliss-reactive ketones (excluding diaryl/α,β-unsaturated/α-hetero) is 1. The van der Waals surface area contributed by atoms with Crippen molar-refractivity contribution < 1.29 is 19.1 Å². The molecule has 0 bridgehead atoms. The number of nitrogens with one attached hydrogen (secondary N) is 2. The normalized spacial score (nSPS) is 19.1. The Hall–Kier alpha value is -4.74. The Morgan fingerprint density at radius 1 is 0.935 bits per heavy atom. The van der Waals surface area contributed by atoms with Gasteiger partial charge in [0.05, 0.1) is 6.61 Å². The second-order valence-corrected chi connectivity index (χ2v) is 12.2. The number of ether oxygens (including phenoxy) is 1. The van der Waals surface area contributed by atoms with Crippen LogP contribution in [-0.4, -0.2) is 64.5 Å². The lowest BCUT2D eigenvalue weighted by Crippen LogP contribution is -2.41. The highest BCUT2D eigenvalue weighted by Gasteiger charge is 2.30. The summed E-state index contributed by atoms with van der Waals surface area (Å²) in [5, 5.41) is 17.0. The SMILES string of the molecule is NCC1CCC(C(=O)C[C@@H](Cc2ccc(-c3ccc(N4CCOCC4=O)cc3)cc2)C(=O)Nc2ccc(-c3nn[nH]n3)cc2)CC1. The predicted molar refractivity (Wildman–Crippen MR) is 175 cm³/mol. The highest BCUT2D eigenvalue weighted by Crippen LogP contribution is 2.31. The summed E-state index contributed by atoms with van der Waals surface area (Å²) in [6.07, 6.45) is 4.21. The van der Waals surface area contributed by atoms with Gasteiger partial charge < -0.3 is 20.7 Å². The summed E-state index contributed by atoms with van der Waals surface area (Å²) < 4.78 is 5.24. The molecule has 46 heavy (non-hydrogen) atoms. The molecule has 0 unspecified atom stereocenters. The molecule has 2 heterocycles. The van der Waals surface area contributed by atoms with E-state index in [-0.39, 0.29) is 36.5 Å². The van der Waals surface area contributed by atoms with Crippen LogP contribution in [-0.2, 0) is 25.5 Å². The lowest BCUT2D eigenvalue weighted by molar-refractivity contribution is -0.129. The quantitative estimate of drug-likeness (QED) is 0.222. The third-order valence-electron chi connectivity index (χ3n) is 9.14. The lowest BCUT2D eigenvalue weighted by atomic mass is 9.77. The number of rotatable bonds is 11. The van der Waals surface area contributed by atoms with Gasteiger partial charge in [-0.05, 0) is 103 Å². The number of nitrogens with zero attached hydrogens (tertiary/aromatic N) is 4. The molecule has 238 valence electrons. The molecule has 4 aromatic rings. The van der Waals surface area contributed by atoms with Crippen LogP contribution in [0.5, 0.6) is 0 Å². The van der Waals surface area contributed by atoms with Crippen LogP contribution in [0.4, 0.5) is 11.4 Å². The van der Waals surface area contributed by atoms with Crippen molar-refractivity contribution in [1.82, 2.24) is 20.6 Å². The molecule has 2 fully saturated rings. The van der Waals surface area contributed by atoms with E-state index < -0.39 is 5.92 Å². The number of aromatic nitrogens is 4. The minimum Gasteiger partial charge on any atom is -0.370 e. The number of anilines is 2. The van der Waals surface area contributed by atoms with Crippen LogP contribution in [0.25, 0.3) is 22.5 Å². The van der Waals surface area contributed by atoms with Gasteiger partial charge in [-0.3, -0.25) is 14.4 Å². The topological polar surface area (TPSA) is 156 Å². The van der Waals surface area contributed by atoms with E-state index in [2.05, 4.69) is 25.9 Å². The largest absolute Gasteiger partial charge is 0.370 e. The van der Waals surface area contributed by atoms with Crippen molar-refractivity contribution in [3.63, 3.8) is 0 Å². The summed E-state index contributed by atoms with van der Waals surface area (Å²) in [5.74, 6) is 0.336. The number of hydrogen-bond acceptors (Lipinski definition) is 8. The van der Waals surface area contributed by atoms with Crippen LogP contribution >= 0.6 is 0 Å². The predicted octanol–water partition coefficient (Wildman–Crippen LogP) is 4.42. The first kappa shape index (κ1) is 31.3. The van der Waals surface area contributed by atoms with Crippen LogP contribution in [0, 0.1) is 17.8 Å². The average molecular weight is 622 g/mol. The van der Waals surface area contributed by atoms with Gasteiger partial charge in [-0.15, -0.1) is 10.2 Å². The number of aromatic amines is 1. The molecule has 1 aliphatic carbocycles. The van der Waals surface area contributed by atoms with Gasteiger partial charge in [-0.25, -0.2) is 0 Å². The monoisotopic (exact) mass is 621 g/mol. The fourth-order valence-electron chi connectivity index (χ4n) is 6.36. The fraction of sp³-hybridized carbons (Fsp3) is 0.371. The molecule has 2 aliphatic rings. The van der Waals surface area contributed by atoms with Crippen molar-refractivity contribution in [3.8, 4) is 22.5 Å². The van der Waals surface area contributed by atoms with Crippen LogP contribution in [0.1, 0.15) is 37.7 Å². The van der Waals surface area contributed by atoms with Gasteiger partial charge in [0.25, 0.3) is 5.91 Å². The summed E-state index contributed by atoms with van der Waals surface area (Å²) in [6.45, 7) is 1.84. The minimum atomic E-state index is -0.521. The number of H-pyrrole nitrogens is 1. The molecule has 0 radical (unpaired) electrons. The summed E-state index contributed by atoms with van der Waals surface area (Å²) in [4.78, 5) is 41.1. The second-order valence-electron chi connectivity index (χ2n) is 12.2. The first-order valence-electron chi connectivity index (χ1n) is 15.9. The molecule has 11 nitrogen and oxygen atoms in total. The second kappa shape index (κ2) is 14.6. The third kappa shape index (κ3) is 7.55. The molecule has 2 amide bonds.